The number of hydrogen-bond acceptors (Lipinski definition) is 12. The summed E-state index contributed by atoms with van der Waals surface area (Å²) in [6.07, 6.45) is -5.08. The van der Waals surface area contributed by atoms with Crippen LogP contribution in [0.25, 0.3) is 10.3 Å². The van der Waals surface area contributed by atoms with Gasteiger partial charge in [0.05, 0.1) is 0 Å². The summed E-state index contributed by atoms with van der Waals surface area (Å²) in [7, 11) is 0. The van der Waals surface area contributed by atoms with Gasteiger partial charge in [0.15, 0.2) is 24.1 Å². The van der Waals surface area contributed by atoms with Crippen molar-refractivity contribution in [3.8, 4) is 0 Å². The molecule has 1 fully saturated rings. The Balaban J connectivity index is 2.15. The van der Waals surface area contributed by atoms with Gasteiger partial charge in [0.1, 0.15) is 17.4 Å². The fourth-order valence-corrected chi connectivity index (χ4v) is 4.12. The Morgan fingerprint density at radius 1 is 1.06 bits per heavy atom. The van der Waals surface area contributed by atoms with Crippen LogP contribution in [0, 0.1) is 0 Å². The minimum atomic E-state index is -1.39. The maximum atomic E-state index is 12.8. The number of rotatable bonds is 6. The Labute approximate surface area is 188 Å². The normalized spacial score (nSPS) is 22.1. The second-order valence-corrected chi connectivity index (χ2v) is 7.96. The van der Waals surface area contributed by atoms with Gasteiger partial charge in [-0.05, 0) is 0 Å². The third-order valence-electron chi connectivity index (χ3n) is 4.36. The number of esters is 3. The van der Waals surface area contributed by atoms with Crippen molar-refractivity contribution in [2.45, 2.75) is 52.2 Å². The highest BCUT2D eigenvalue weighted by molar-refractivity contribution is 7.16. The molecule has 1 saturated heterocycles. The highest BCUT2D eigenvalue weighted by atomic mass is 32.1. The average Bonchev–Trinajstić information content (AvgIpc) is 3.16. The van der Waals surface area contributed by atoms with E-state index in [-0.39, 0.29) is 22.9 Å². The molecule has 1 amide bonds. The maximum Gasteiger partial charge on any atom is 0.311 e. The van der Waals surface area contributed by atoms with Crippen LogP contribution in [-0.2, 0) is 38.1 Å². The number of nitrogens with zero attached hydrogens (tertiary/aromatic N) is 2. The predicted molar refractivity (Wildman–Crippen MR) is 110 cm³/mol. The quantitative estimate of drug-likeness (QED) is 0.395. The van der Waals surface area contributed by atoms with Gasteiger partial charge in [-0.15, -0.1) is 0 Å². The van der Waals surface area contributed by atoms with Crippen molar-refractivity contribution in [1.82, 2.24) is 14.5 Å². The first-order valence-electron chi connectivity index (χ1n) is 9.54. The van der Waals surface area contributed by atoms with E-state index in [0.717, 1.165) is 25.3 Å². The molecule has 178 valence electrons. The van der Waals surface area contributed by atoms with Gasteiger partial charge >= 0.3 is 22.8 Å². The summed E-state index contributed by atoms with van der Waals surface area (Å²) in [6, 6.07) is 0. The first-order valence-corrected chi connectivity index (χ1v) is 10.4. The second kappa shape index (κ2) is 9.50. The van der Waals surface area contributed by atoms with E-state index in [0.29, 0.717) is 11.3 Å². The number of nitrogens with one attached hydrogen (secondary N) is 2. The Kier molecular flexibility index (Phi) is 6.92. The Morgan fingerprint density at radius 3 is 2.27 bits per heavy atom. The highest BCUT2D eigenvalue weighted by Gasteiger charge is 2.51. The van der Waals surface area contributed by atoms with Gasteiger partial charge in [-0.25, -0.2) is 0 Å². The molecule has 3 heterocycles. The van der Waals surface area contributed by atoms with E-state index in [9.17, 15) is 28.8 Å². The van der Waals surface area contributed by atoms with E-state index in [4.69, 9.17) is 18.9 Å². The molecule has 0 saturated carbocycles. The lowest BCUT2D eigenvalue weighted by Crippen LogP contribution is -2.41. The molecule has 0 unspecified atom stereocenters. The topological polar surface area (TPSA) is 185 Å². The maximum absolute atomic E-state index is 12.8. The zero-order valence-electron chi connectivity index (χ0n) is 17.9. The lowest BCUT2D eigenvalue weighted by molar-refractivity contribution is -0.166. The van der Waals surface area contributed by atoms with Crippen molar-refractivity contribution < 1.29 is 38.1 Å². The molecule has 4 atom stereocenters. The van der Waals surface area contributed by atoms with E-state index in [2.05, 4.69) is 15.3 Å². The molecule has 1 aliphatic heterocycles. The van der Waals surface area contributed by atoms with Gasteiger partial charge in [0, 0.05) is 27.7 Å². The molecule has 0 aliphatic carbocycles. The van der Waals surface area contributed by atoms with Crippen LogP contribution in [0.1, 0.15) is 33.9 Å². The van der Waals surface area contributed by atoms with E-state index < -0.39 is 58.8 Å². The van der Waals surface area contributed by atoms with Crippen molar-refractivity contribution >= 4 is 51.4 Å². The number of amides is 1. The van der Waals surface area contributed by atoms with Crippen LogP contribution in [0.5, 0.6) is 0 Å². The largest absolute Gasteiger partial charge is 0.463 e. The fraction of sp³-hybridized carbons (Fsp3) is 0.500. The summed E-state index contributed by atoms with van der Waals surface area (Å²) in [5.41, 5.74) is -0.853. The third kappa shape index (κ3) is 5.25. The minimum Gasteiger partial charge on any atom is -0.463 e. The van der Waals surface area contributed by atoms with Crippen LogP contribution < -0.4 is 15.7 Å². The zero-order chi connectivity index (χ0) is 24.4. The van der Waals surface area contributed by atoms with Gasteiger partial charge in [-0.3, -0.25) is 43.6 Å². The second-order valence-electron chi connectivity index (χ2n) is 7.00. The van der Waals surface area contributed by atoms with Crippen LogP contribution in [0.3, 0.4) is 0 Å². The highest BCUT2D eigenvalue weighted by Crippen LogP contribution is 2.35. The standard InChI is InChI=1S/C18H20N4O10S/c1-6(23)19-17-20-14-13(15(27)21-17)33-18(28)22(14)16-12(31-9(4)26)11(30-8(3)25)10(32-16)5-29-7(2)24/h10-12,16H,5H2,1-4H3,(H2,19,20,21,23,27)/t10-,11-,12-,16-/m1/s1. The van der Waals surface area contributed by atoms with Crippen LogP contribution in [0.15, 0.2) is 9.59 Å². The van der Waals surface area contributed by atoms with Crippen molar-refractivity contribution in [2.24, 2.45) is 0 Å². The van der Waals surface area contributed by atoms with E-state index in [1.165, 1.54) is 6.92 Å². The lowest BCUT2D eigenvalue weighted by atomic mass is 10.1. The first kappa shape index (κ1) is 24.1. The zero-order valence-corrected chi connectivity index (χ0v) is 18.7. The summed E-state index contributed by atoms with van der Waals surface area (Å²) in [5, 5.41) is 2.32. The number of H-pyrrole nitrogens is 1. The van der Waals surface area contributed by atoms with Crippen molar-refractivity contribution in [3.05, 3.63) is 20.0 Å². The average molecular weight is 484 g/mol. The number of fused-ring (bicyclic) bond motifs is 1. The molecule has 0 aromatic carbocycles. The number of aromatic nitrogens is 3. The summed E-state index contributed by atoms with van der Waals surface area (Å²) in [5.74, 6) is -2.89. The summed E-state index contributed by atoms with van der Waals surface area (Å²) in [6.45, 7) is 4.21. The molecule has 15 heteroatoms. The fourth-order valence-electron chi connectivity index (χ4n) is 3.28. The van der Waals surface area contributed by atoms with Crippen LogP contribution in [0.2, 0.25) is 0 Å². The molecule has 0 spiro atoms. The molecular weight excluding hydrogens is 464 g/mol. The number of ether oxygens (including phenoxy) is 4. The predicted octanol–water partition coefficient (Wildman–Crippen LogP) is -0.571. The smallest absolute Gasteiger partial charge is 0.311 e. The molecule has 3 rings (SSSR count). The molecule has 2 aromatic heterocycles. The van der Waals surface area contributed by atoms with E-state index >= 15 is 0 Å². The molecule has 14 nitrogen and oxygen atoms in total. The van der Waals surface area contributed by atoms with Crippen LogP contribution in [-0.4, -0.2) is 63.3 Å². The van der Waals surface area contributed by atoms with E-state index in [1.807, 2.05) is 0 Å². The molecular formula is C18H20N4O10S. The Hall–Kier alpha value is -3.59. The molecule has 0 radical (unpaired) electrons. The number of carbonyl (C=O) groups excluding carboxylic acids is 4. The van der Waals surface area contributed by atoms with Crippen LogP contribution in [0.4, 0.5) is 5.95 Å². The number of anilines is 1. The molecule has 0 bridgehead atoms. The molecule has 1 aliphatic rings. The van der Waals surface area contributed by atoms with Gasteiger partial charge in [-0.1, -0.05) is 11.3 Å². The third-order valence-corrected chi connectivity index (χ3v) is 5.31. The van der Waals surface area contributed by atoms with Crippen molar-refractivity contribution in [1.29, 1.82) is 0 Å². The number of hydrogen-bond donors (Lipinski definition) is 2. The van der Waals surface area contributed by atoms with Crippen LogP contribution >= 0.6 is 11.3 Å². The number of aromatic amines is 1. The summed E-state index contributed by atoms with van der Waals surface area (Å²) in [4.78, 5) is 77.2. The number of thiazole rings is 1. The van der Waals surface area contributed by atoms with Gasteiger partial charge in [-0.2, -0.15) is 4.98 Å². The number of carbonyl (C=O) groups is 4. The Morgan fingerprint density at radius 2 is 1.70 bits per heavy atom. The van der Waals surface area contributed by atoms with Gasteiger partial charge in [0.2, 0.25) is 11.9 Å². The van der Waals surface area contributed by atoms with Gasteiger partial charge < -0.3 is 18.9 Å². The van der Waals surface area contributed by atoms with Gasteiger partial charge in [0.25, 0.3) is 5.56 Å². The molecule has 33 heavy (non-hydrogen) atoms. The van der Waals surface area contributed by atoms with Crippen molar-refractivity contribution in [2.75, 3.05) is 11.9 Å². The Bertz CT molecular complexity index is 1230. The molecule has 2 aromatic rings. The summed E-state index contributed by atoms with van der Waals surface area (Å²) >= 11 is 0.550. The minimum absolute atomic E-state index is 0.0771. The molecule has 2 N–H and O–H groups in total. The first-order chi connectivity index (χ1) is 15.5. The lowest BCUT2D eigenvalue weighted by Gasteiger charge is -2.23. The SMILES string of the molecule is CC(=O)Nc1nc2c(sc(=O)n2[C@@H]2O[C@H](COC(C)=O)[C@@H](OC(C)=O)[C@H]2OC(C)=O)c(=O)[nH]1. The monoisotopic (exact) mass is 484 g/mol. The van der Waals surface area contributed by atoms with Crippen molar-refractivity contribution in [3.63, 3.8) is 0 Å². The van der Waals surface area contributed by atoms with E-state index in [1.54, 1.807) is 0 Å². The summed E-state index contributed by atoms with van der Waals surface area (Å²) < 4.78 is 22.2.